The summed E-state index contributed by atoms with van der Waals surface area (Å²) in [6, 6.07) is 13.9. The Labute approximate surface area is 154 Å². The van der Waals surface area contributed by atoms with Gasteiger partial charge in [-0.25, -0.2) is 0 Å². The summed E-state index contributed by atoms with van der Waals surface area (Å²) >= 11 is 0. The number of benzene rings is 2. The summed E-state index contributed by atoms with van der Waals surface area (Å²) in [6.07, 6.45) is 3.76. The van der Waals surface area contributed by atoms with E-state index in [9.17, 15) is 4.79 Å². The van der Waals surface area contributed by atoms with Crippen LogP contribution in [0.2, 0.25) is 0 Å². The number of hydrogen-bond acceptors (Lipinski definition) is 4. The maximum atomic E-state index is 12.7. The van der Waals surface area contributed by atoms with Crippen LogP contribution in [0, 0.1) is 0 Å². The van der Waals surface area contributed by atoms with Crippen molar-refractivity contribution >= 4 is 17.3 Å². The molecule has 26 heavy (non-hydrogen) atoms. The van der Waals surface area contributed by atoms with E-state index in [1.807, 2.05) is 12.1 Å². The largest absolute Gasteiger partial charge is 0.496 e. The maximum Gasteiger partial charge on any atom is 0.263 e. The van der Waals surface area contributed by atoms with Gasteiger partial charge in [-0.05, 0) is 62.6 Å². The molecule has 5 nitrogen and oxygen atoms in total. The van der Waals surface area contributed by atoms with Gasteiger partial charge < -0.3 is 19.7 Å². The van der Waals surface area contributed by atoms with Crippen LogP contribution in [-0.2, 0) is 0 Å². The lowest BCUT2D eigenvalue weighted by Crippen LogP contribution is -2.37. The average molecular weight is 354 g/mol. The van der Waals surface area contributed by atoms with Crippen LogP contribution in [0.1, 0.15) is 36.5 Å². The molecule has 0 aliphatic carbocycles. The van der Waals surface area contributed by atoms with Gasteiger partial charge >= 0.3 is 0 Å². The maximum absolute atomic E-state index is 12.7. The summed E-state index contributed by atoms with van der Waals surface area (Å²) in [7, 11) is 3.08. The number of piperidine rings is 1. The lowest BCUT2D eigenvalue weighted by atomic mass is 10.0. The Morgan fingerprint density at radius 1 is 1.04 bits per heavy atom. The first-order chi connectivity index (χ1) is 12.6. The van der Waals surface area contributed by atoms with Crippen molar-refractivity contribution in [2.75, 3.05) is 31.0 Å². The molecule has 5 heteroatoms. The van der Waals surface area contributed by atoms with Crippen molar-refractivity contribution in [1.82, 2.24) is 0 Å². The minimum absolute atomic E-state index is 0.251. The van der Waals surface area contributed by atoms with E-state index in [-0.39, 0.29) is 5.91 Å². The van der Waals surface area contributed by atoms with E-state index < -0.39 is 0 Å². The summed E-state index contributed by atoms with van der Waals surface area (Å²) in [4.78, 5) is 15.2. The van der Waals surface area contributed by atoms with Crippen molar-refractivity contribution in [3.8, 4) is 11.5 Å². The third kappa shape index (κ3) is 3.77. The highest BCUT2D eigenvalue weighted by Crippen LogP contribution is 2.30. The molecule has 0 bridgehead atoms. The predicted molar refractivity (Wildman–Crippen MR) is 105 cm³/mol. The van der Waals surface area contributed by atoms with Gasteiger partial charge in [-0.15, -0.1) is 0 Å². The van der Waals surface area contributed by atoms with Crippen molar-refractivity contribution in [2.45, 2.75) is 32.2 Å². The Kier molecular flexibility index (Phi) is 5.66. The monoisotopic (exact) mass is 354 g/mol. The second kappa shape index (κ2) is 8.13. The molecule has 1 saturated heterocycles. The number of carbonyl (C=O) groups is 1. The number of hydrogen-bond donors (Lipinski definition) is 1. The van der Waals surface area contributed by atoms with Crippen molar-refractivity contribution < 1.29 is 14.3 Å². The zero-order valence-electron chi connectivity index (χ0n) is 15.6. The third-order valence-corrected chi connectivity index (χ3v) is 4.91. The first-order valence-electron chi connectivity index (χ1n) is 9.03. The lowest BCUT2D eigenvalue weighted by Gasteiger charge is -2.35. The van der Waals surface area contributed by atoms with E-state index in [1.165, 1.54) is 24.9 Å². The van der Waals surface area contributed by atoms with E-state index in [4.69, 9.17) is 9.47 Å². The highest BCUT2D eigenvalue weighted by molar-refractivity contribution is 6.08. The van der Waals surface area contributed by atoms with Gasteiger partial charge in [0.15, 0.2) is 0 Å². The number of carbonyl (C=O) groups excluding carboxylic acids is 1. The van der Waals surface area contributed by atoms with Crippen molar-refractivity contribution in [3.05, 3.63) is 48.0 Å². The second-order valence-electron chi connectivity index (χ2n) is 6.58. The van der Waals surface area contributed by atoms with Gasteiger partial charge in [0.25, 0.3) is 5.91 Å². The van der Waals surface area contributed by atoms with Crippen molar-refractivity contribution in [1.29, 1.82) is 0 Å². The molecule has 2 aromatic rings. The van der Waals surface area contributed by atoms with E-state index in [0.717, 1.165) is 12.2 Å². The standard InChI is InChI=1S/C21H26N2O3/c1-15-7-4-5-14-23(15)17-12-10-16(11-13-17)22-21(24)20-18(25-2)8-6-9-19(20)26-3/h6,8-13,15H,4-5,7,14H2,1-3H3,(H,22,24)/t15-/m0/s1. The molecule has 0 aromatic heterocycles. The SMILES string of the molecule is COc1cccc(OC)c1C(=O)Nc1ccc(N2CCCC[C@@H]2C)cc1. The number of ether oxygens (including phenoxy) is 2. The minimum Gasteiger partial charge on any atom is -0.496 e. The zero-order valence-corrected chi connectivity index (χ0v) is 15.6. The summed E-state index contributed by atoms with van der Waals surface area (Å²) in [6.45, 7) is 3.36. The highest BCUT2D eigenvalue weighted by Gasteiger charge is 2.20. The number of nitrogens with zero attached hydrogens (tertiary/aromatic N) is 1. The molecular weight excluding hydrogens is 328 g/mol. The smallest absolute Gasteiger partial charge is 0.263 e. The molecule has 0 unspecified atom stereocenters. The fourth-order valence-corrected chi connectivity index (χ4v) is 3.49. The van der Waals surface area contributed by atoms with Crippen LogP contribution in [-0.4, -0.2) is 32.7 Å². The summed E-state index contributed by atoms with van der Waals surface area (Å²) in [5, 5.41) is 2.93. The van der Waals surface area contributed by atoms with Gasteiger partial charge in [0.1, 0.15) is 17.1 Å². The van der Waals surface area contributed by atoms with Gasteiger partial charge in [0.2, 0.25) is 0 Å². The normalized spacial score (nSPS) is 16.9. The lowest BCUT2D eigenvalue weighted by molar-refractivity contribution is 0.102. The second-order valence-corrected chi connectivity index (χ2v) is 6.58. The van der Waals surface area contributed by atoms with E-state index in [2.05, 4.69) is 29.3 Å². The molecule has 1 heterocycles. The molecule has 1 aliphatic heterocycles. The molecule has 1 fully saturated rings. The fourth-order valence-electron chi connectivity index (χ4n) is 3.49. The van der Waals surface area contributed by atoms with Crippen LogP contribution in [0.25, 0.3) is 0 Å². The number of amides is 1. The zero-order chi connectivity index (χ0) is 18.5. The number of methoxy groups -OCH3 is 2. The molecule has 0 radical (unpaired) electrons. The number of rotatable bonds is 5. The Balaban J connectivity index is 1.76. The quantitative estimate of drug-likeness (QED) is 0.868. The van der Waals surface area contributed by atoms with Crippen LogP contribution in [0.4, 0.5) is 11.4 Å². The molecule has 0 saturated carbocycles. The summed E-state index contributed by atoms with van der Waals surface area (Å²) in [5.41, 5.74) is 2.34. The topological polar surface area (TPSA) is 50.8 Å². The van der Waals surface area contributed by atoms with Gasteiger partial charge in [-0.1, -0.05) is 6.07 Å². The summed E-state index contributed by atoms with van der Waals surface area (Å²) in [5.74, 6) is 0.722. The van der Waals surface area contributed by atoms with Crippen LogP contribution >= 0.6 is 0 Å². The first kappa shape index (κ1) is 18.1. The molecule has 1 atom stereocenters. The molecule has 1 N–H and O–H groups in total. The highest BCUT2D eigenvalue weighted by atomic mass is 16.5. The van der Waals surface area contributed by atoms with Crippen LogP contribution in [0.5, 0.6) is 11.5 Å². The molecule has 0 spiro atoms. The van der Waals surface area contributed by atoms with Gasteiger partial charge in [-0.2, -0.15) is 0 Å². The molecule has 2 aromatic carbocycles. The van der Waals surface area contributed by atoms with E-state index in [1.54, 1.807) is 32.4 Å². The average Bonchev–Trinajstić information content (AvgIpc) is 2.68. The number of anilines is 2. The number of nitrogens with one attached hydrogen (secondary N) is 1. The van der Waals surface area contributed by atoms with Gasteiger partial charge in [0.05, 0.1) is 14.2 Å². The first-order valence-corrected chi connectivity index (χ1v) is 9.03. The predicted octanol–water partition coefficient (Wildman–Crippen LogP) is 4.33. The van der Waals surface area contributed by atoms with Gasteiger partial charge in [0, 0.05) is 24.0 Å². The molecule has 3 rings (SSSR count). The molecule has 1 aliphatic rings. The van der Waals surface area contributed by atoms with Crippen LogP contribution in [0.3, 0.4) is 0 Å². The molecule has 1 amide bonds. The van der Waals surface area contributed by atoms with Gasteiger partial charge in [-0.3, -0.25) is 4.79 Å². The van der Waals surface area contributed by atoms with E-state index in [0.29, 0.717) is 23.1 Å². The van der Waals surface area contributed by atoms with Crippen molar-refractivity contribution in [3.63, 3.8) is 0 Å². The molecular formula is C21H26N2O3. The third-order valence-electron chi connectivity index (χ3n) is 4.91. The van der Waals surface area contributed by atoms with E-state index >= 15 is 0 Å². The Morgan fingerprint density at radius 3 is 2.27 bits per heavy atom. The minimum atomic E-state index is -0.251. The summed E-state index contributed by atoms with van der Waals surface area (Å²) < 4.78 is 10.6. The molecule has 138 valence electrons. The Morgan fingerprint density at radius 2 is 1.69 bits per heavy atom. The van der Waals surface area contributed by atoms with Crippen LogP contribution < -0.4 is 19.7 Å². The Hall–Kier alpha value is -2.69. The Bertz CT molecular complexity index is 736. The van der Waals surface area contributed by atoms with Crippen LogP contribution in [0.15, 0.2) is 42.5 Å². The fraction of sp³-hybridized carbons (Fsp3) is 0.381. The van der Waals surface area contributed by atoms with Crippen molar-refractivity contribution in [2.24, 2.45) is 0 Å².